The first kappa shape index (κ1) is 25.1. The van der Waals surface area contributed by atoms with Crippen LogP contribution in [0.25, 0.3) is 10.6 Å². The van der Waals surface area contributed by atoms with Crippen LogP contribution in [0.3, 0.4) is 0 Å². The van der Waals surface area contributed by atoms with Gasteiger partial charge < -0.3 is 9.47 Å². The topological polar surface area (TPSA) is 111 Å². The minimum atomic E-state index is -4.05. The van der Waals surface area contributed by atoms with Crippen LogP contribution in [0, 0.1) is 0 Å². The van der Waals surface area contributed by atoms with E-state index in [1.165, 1.54) is 23.5 Å². The van der Waals surface area contributed by atoms with Crippen LogP contribution in [0.4, 0.5) is 10.8 Å². The number of nitrogens with one attached hydrogen (secondary N) is 1. The number of hydrogen-bond acceptors (Lipinski definition) is 8. The molecular weight excluding hydrogens is 500 g/mol. The molecule has 11 heteroatoms. The lowest BCUT2D eigenvalue weighted by Gasteiger charge is -2.24. The third-order valence-electron chi connectivity index (χ3n) is 5.06. The molecule has 0 aliphatic rings. The summed E-state index contributed by atoms with van der Waals surface area (Å²) in [5.41, 5.74) is 1.18. The summed E-state index contributed by atoms with van der Waals surface area (Å²) >= 11 is 1.18. The van der Waals surface area contributed by atoms with Crippen molar-refractivity contribution in [1.82, 2.24) is 10.2 Å². The molecule has 3 aromatic carbocycles. The van der Waals surface area contributed by atoms with Crippen molar-refractivity contribution in [2.75, 3.05) is 29.9 Å². The van der Waals surface area contributed by atoms with E-state index >= 15 is 0 Å². The highest BCUT2D eigenvalue weighted by Gasteiger charge is 2.27. The van der Waals surface area contributed by atoms with Crippen LogP contribution in [0.2, 0.25) is 0 Å². The van der Waals surface area contributed by atoms with Crippen molar-refractivity contribution in [1.29, 1.82) is 0 Å². The minimum Gasteiger partial charge on any atom is -0.497 e. The third kappa shape index (κ3) is 5.81. The number of carbonyl (C=O) groups excluding carboxylic acids is 1. The van der Waals surface area contributed by atoms with Gasteiger partial charge in [-0.1, -0.05) is 29.5 Å². The average Bonchev–Trinajstić information content (AvgIpc) is 3.36. The lowest BCUT2D eigenvalue weighted by atomic mass is 10.2. The van der Waals surface area contributed by atoms with Gasteiger partial charge >= 0.3 is 0 Å². The Kier molecular flexibility index (Phi) is 7.81. The number of sulfonamides is 1. The fourth-order valence-electron chi connectivity index (χ4n) is 3.32. The van der Waals surface area contributed by atoms with Gasteiger partial charge in [-0.3, -0.25) is 14.4 Å². The van der Waals surface area contributed by atoms with Gasteiger partial charge in [0.1, 0.15) is 23.1 Å². The number of anilines is 2. The highest BCUT2D eigenvalue weighted by molar-refractivity contribution is 7.92. The van der Waals surface area contributed by atoms with Crippen molar-refractivity contribution in [2.45, 2.75) is 11.8 Å². The fourth-order valence-corrected chi connectivity index (χ4v) is 5.51. The number of hydrogen-bond donors (Lipinski definition) is 1. The van der Waals surface area contributed by atoms with E-state index in [9.17, 15) is 13.2 Å². The summed E-state index contributed by atoms with van der Waals surface area (Å²) in [5.74, 6) is 0.724. The molecule has 186 valence electrons. The molecule has 1 heterocycles. The summed E-state index contributed by atoms with van der Waals surface area (Å²) in [6, 6.07) is 21.8. The van der Waals surface area contributed by atoms with Crippen molar-refractivity contribution < 1.29 is 22.7 Å². The largest absolute Gasteiger partial charge is 0.497 e. The third-order valence-corrected chi connectivity index (χ3v) is 7.74. The molecule has 1 amide bonds. The van der Waals surface area contributed by atoms with Crippen LogP contribution in [-0.4, -0.2) is 44.8 Å². The Morgan fingerprint density at radius 2 is 1.61 bits per heavy atom. The van der Waals surface area contributed by atoms with Crippen LogP contribution in [-0.2, 0) is 14.8 Å². The number of methoxy groups -OCH3 is 1. The maximum atomic E-state index is 13.5. The van der Waals surface area contributed by atoms with Crippen molar-refractivity contribution in [2.24, 2.45) is 0 Å². The average molecular weight is 525 g/mol. The highest BCUT2D eigenvalue weighted by Crippen LogP contribution is 2.29. The number of amides is 1. The summed E-state index contributed by atoms with van der Waals surface area (Å²) in [5, 5.41) is 11.7. The predicted molar refractivity (Wildman–Crippen MR) is 139 cm³/mol. The molecule has 0 aliphatic carbocycles. The van der Waals surface area contributed by atoms with Gasteiger partial charge in [0.05, 0.1) is 24.3 Å². The van der Waals surface area contributed by atoms with Gasteiger partial charge in [-0.15, -0.1) is 10.2 Å². The second kappa shape index (κ2) is 11.2. The SMILES string of the molecule is CCOc1ccc(S(=O)(=O)N(CC(=O)Nc2nnc(-c3ccc(OC)cc3)s2)c2ccccc2)cc1. The zero-order valence-corrected chi connectivity index (χ0v) is 21.3. The first-order valence-corrected chi connectivity index (χ1v) is 13.2. The van der Waals surface area contributed by atoms with E-state index in [4.69, 9.17) is 9.47 Å². The molecule has 1 aromatic heterocycles. The lowest BCUT2D eigenvalue weighted by molar-refractivity contribution is -0.114. The Hall–Kier alpha value is -3.96. The maximum Gasteiger partial charge on any atom is 0.264 e. The van der Waals surface area contributed by atoms with Crippen LogP contribution in [0.5, 0.6) is 11.5 Å². The van der Waals surface area contributed by atoms with Crippen molar-refractivity contribution in [3.8, 4) is 22.1 Å². The number of nitrogens with zero attached hydrogens (tertiary/aromatic N) is 3. The van der Waals surface area contributed by atoms with E-state index in [2.05, 4.69) is 15.5 Å². The molecule has 4 rings (SSSR count). The molecule has 0 spiro atoms. The van der Waals surface area contributed by atoms with Gasteiger partial charge in [-0.2, -0.15) is 0 Å². The van der Waals surface area contributed by atoms with Crippen LogP contribution >= 0.6 is 11.3 Å². The normalized spacial score (nSPS) is 11.1. The molecular formula is C25H24N4O5S2. The molecule has 36 heavy (non-hydrogen) atoms. The summed E-state index contributed by atoms with van der Waals surface area (Å²) < 4.78 is 38.6. The van der Waals surface area contributed by atoms with Crippen LogP contribution in [0.15, 0.2) is 83.8 Å². The predicted octanol–water partition coefficient (Wildman–Crippen LogP) is 4.45. The molecule has 0 aliphatic heterocycles. The van der Waals surface area contributed by atoms with E-state index in [1.54, 1.807) is 61.7 Å². The molecule has 0 saturated carbocycles. The monoisotopic (exact) mass is 524 g/mol. The molecule has 0 fully saturated rings. The smallest absolute Gasteiger partial charge is 0.264 e. The molecule has 1 N–H and O–H groups in total. The molecule has 0 radical (unpaired) electrons. The van der Waals surface area contributed by atoms with Crippen molar-refractivity contribution in [3.05, 3.63) is 78.9 Å². The second-order valence-corrected chi connectivity index (χ2v) is 10.3. The molecule has 9 nitrogen and oxygen atoms in total. The van der Waals surface area contributed by atoms with Gasteiger partial charge in [0.15, 0.2) is 0 Å². The molecule has 0 bridgehead atoms. The lowest BCUT2D eigenvalue weighted by Crippen LogP contribution is -2.38. The zero-order chi connectivity index (χ0) is 25.5. The highest BCUT2D eigenvalue weighted by atomic mass is 32.2. The van der Waals surface area contributed by atoms with Gasteiger partial charge in [0.25, 0.3) is 10.0 Å². The van der Waals surface area contributed by atoms with Gasteiger partial charge in [-0.05, 0) is 67.6 Å². The Morgan fingerprint density at radius 3 is 2.25 bits per heavy atom. The van der Waals surface area contributed by atoms with E-state index in [0.29, 0.717) is 28.8 Å². The van der Waals surface area contributed by atoms with Crippen molar-refractivity contribution in [3.63, 3.8) is 0 Å². The second-order valence-electron chi connectivity index (χ2n) is 7.44. The van der Waals surface area contributed by atoms with Gasteiger partial charge in [-0.25, -0.2) is 8.42 Å². The van der Waals surface area contributed by atoms with Crippen molar-refractivity contribution >= 4 is 38.1 Å². The van der Waals surface area contributed by atoms with Gasteiger partial charge in [0.2, 0.25) is 11.0 Å². The summed E-state index contributed by atoms with van der Waals surface area (Å²) in [6.07, 6.45) is 0. The molecule has 0 saturated heterocycles. The Labute approximate surface area is 213 Å². The number of benzene rings is 3. The molecule has 4 aromatic rings. The maximum absolute atomic E-state index is 13.5. The van der Waals surface area contributed by atoms with E-state index < -0.39 is 22.5 Å². The summed E-state index contributed by atoms with van der Waals surface area (Å²) in [4.78, 5) is 13.0. The number of rotatable bonds is 10. The Morgan fingerprint density at radius 1 is 0.944 bits per heavy atom. The molecule has 0 unspecified atom stereocenters. The number of para-hydroxylation sites is 1. The number of ether oxygens (including phenoxy) is 2. The minimum absolute atomic E-state index is 0.0420. The zero-order valence-electron chi connectivity index (χ0n) is 19.6. The van der Waals surface area contributed by atoms with Crippen LogP contribution < -0.4 is 19.1 Å². The summed E-state index contributed by atoms with van der Waals surface area (Å²) in [6.45, 7) is 1.86. The van der Waals surface area contributed by atoms with Crippen LogP contribution in [0.1, 0.15) is 6.92 Å². The Balaban J connectivity index is 1.54. The number of carbonyl (C=O) groups is 1. The number of aromatic nitrogens is 2. The first-order valence-electron chi connectivity index (χ1n) is 11.0. The standard InChI is InChI=1S/C25H24N4O5S2/c1-3-34-21-13-15-22(16-14-21)36(31,32)29(19-7-5-4-6-8-19)17-23(30)26-25-28-27-24(35-25)18-9-11-20(33-2)12-10-18/h4-16H,3,17H2,1-2H3,(H,26,28,30). The van der Waals surface area contributed by atoms with E-state index in [0.717, 1.165) is 9.87 Å². The summed E-state index contributed by atoms with van der Waals surface area (Å²) in [7, 11) is -2.46. The fraction of sp³-hybridized carbons (Fsp3) is 0.160. The van der Waals surface area contributed by atoms with Gasteiger partial charge in [0, 0.05) is 5.56 Å². The van der Waals surface area contributed by atoms with E-state index in [-0.39, 0.29) is 10.0 Å². The van der Waals surface area contributed by atoms with E-state index in [1.807, 2.05) is 19.1 Å². The quantitative estimate of drug-likeness (QED) is 0.326. The molecule has 0 atom stereocenters. The Bertz CT molecular complexity index is 1410. The first-order chi connectivity index (χ1) is 17.4.